The van der Waals surface area contributed by atoms with Crippen LogP contribution in [0.2, 0.25) is 0 Å². The first kappa shape index (κ1) is 20.8. The van der Waals surface area contributed by atoms with Crippen LogP contribution in [-0.2, 0) is 16.5 Å². The van der Waals surface area contributed by atoms with E-state index in [0.717, 1.165) is 31.7 Å². The van der Waals surface area contributed by atoms with E-state index in [-0.39, 0.29) is 23.5 Å². The largest absolute Gasteiger partial charge is 0.416 e. The second-order valence-electron chi connectivity index (χ2n) is 9.34. The molecule has 2 aliphatic heterocycles. The van der Waals surface area contributed by atoms with Gasteiger partial charge in [-0.2, -0.15) is 13.2 Å². The van der Waals surface area contributed by atoms with E-state index in [1.807, 2.05) is 11.0 Å². The average molecular weight is 432 g/mol. The fourth-order valence-electron chi connectivity index (χ4n) is 5.50. The summed E-state index contributed by atoms with van der Waals surface area (Å²) in [5, 5.41) is 3.67. The van der Waals surface area contributed by atoms with Crippen LogP contribution >= 0.6 is 0 Å². The van der Waals surface area contributed by atoms with Gasteiger partial charge in [0.1, 0.15) is 0 Å². The van der Waals surface area contributed by atoms with E-state index in [1.165, 1.54) is 17.7 Å². The maximum Gasteiger partial charge on any atom is 0.416 e. The summed E-state index contributed by atoms with van der Waals surface area (Å²) in [5.41, 5.74) is 1.09. The summed E-state index contributed by atoms with van der Waals surface area (Å²) in [6, 6.07) is 16.2. The minimum Gasteiger partial charge on any atom is -0.341 e. The zero-order valence-corrected chi connectivity index (χ0v) is 17.8. The van der Waals surface area contributed by atoms with Crippen LogP contribution in [-0.4, -0.2) is 43.5 Å². The molecule has 2 unspecified atom stereocenters. The van der Waals surface area contributed by atoms with Gasteiger partial charge >= 0.3 is 6.18 Å². The van der Waals surface area contributed by atoms with E-state index in [2.05, 4.69) is 48.6 Å². The number of nitrogens with one attached hydrogen (secondary N) is 1. The van der Waals surface area contributed by atoms with Gasteiger partial charge in [-0.3, -0.25) is 10.2 Å². The Labute approximate surface area is 181 Å². The Morgan fingerprint density at radius 2 is 1.71 bits per heavy atom. The zero-order chi connectivity index (χ0) is 21.9. The number of anilines is 1. The van der Waals surface area contributed by atoms with Crippen molar-refractivity contribution in [3.8, 4) is 0 Å². The number of epoxide rings is 1. The molecule has 2 aromatic rings. The van der Waals surface area contributed by atoms with Gasteiger partial charge in [0.2, 0.25) is 0 Å². The Morgan fingerprint density at radius 3 is 2.35 bits per heavy atom. The van der Waals surface area contributed by atoms with Crippen LogP contribution in [0, 0.1) is 0 Å². The predicted octanol–water partition coefficient (Wildman–Crippen LogP) is 4.57. The molecule has 3 fully saturated rings. The summed E-state index contributed by atoms with van der Waals surface area (Å²) < 4.78 is 45.5. The first-order chi connectivity index (χ1) is 14.7. The molecule has 3 aliphatic rings. The Hall–Kier alpha value is -2.09. The molecule has 0 amide bonds. The van der Waals surface area contributed by atoms with Crippen LogP contribution in [0.3, 0.4) is 0 Å². The van der Waals surface area contributed by atoms with E-state index in [4.69, 9.17) is 4.74 Å². The lowest BCUT2D eigenvalue weighted by Gasteiger charge is -2.52. The first-order valence-electron chi connectivity index (χ1n) is 10.8. The lowest BCUT2D eigenvalue weighted by Crippen LogP contribution is -2.64. The number of fused-ring (bicyclic) bond motifs is 1. The molecule has 0 radical (unpaired) electrons. The highest BCUT2D eigenvalue weighted by molar-refractivity contribution is 5.52. The van der Waals surface area contributed by atoms with E-state index in [1.54, 1.807) is 6.07 Å². The summed E-state index contributed by atoms with van der Waals surface area (Å²) >= 11 is 0. The highest BCUT2D eigenvalue weighted by Crippen LogP contribution is 2.48. The van der Waals surface area contributed by atoms with Crippen molar-refractivity contribution in [2.24, 2.45) is 0 Å². The SMILES string of the molecule is CN(C)[C@]1(c2ccccc2)CC[C@]2(CC1)CN(c1cccc(C(F)(F)F)c1)C1OC1N2. The van der Waals surface area contributed by atoms with Crippen LogP contribution in [0.5, 0.6) is 0 Å². The Morgan fingerprint density at radius 1 is 1.00 bits per heavy atom. The van der Waals surface area contributed by atoms with Gasteiger partial charge in [0, 0.05) is 23.3 Å². The molecule has 7 heteroatoms. The summed E-state index contributed by atoms with van der Waals surface area (Å²) in [6.45, 7) is 0.647. The summed E-state index contributed by atoms with van der Waals surface area (Å²) in [6.07, 6.45) is -0.840. The second-order valence-corrected chi connectivity index (χ2v) is 9.34. The van der Waals surface area contributed by atoms with Crippen molar-refractivity contribution in [1.82, 2.24) is 10.2 Å². The minimum atomic E-state index is -4.35. The number of hydrogen-bond acceptors (Lipinski definition) is 4. The summed E-state index contributed by atoms with van der Waals surface area (Å²) in [4.78, 5) is 4.33. The molecule has 31 heavy (non-hydrogen) atoms. The third-order valence-electron chi connectivity index (χ3n) is 7.40. The Bertz CT molecular complexity index is 939. The van der Waals surface area contributed by atoms with Gasteiger partial charge in [-0.05, 0) is 63.5 Å². The molecule has 2 aromatic carbocycles. The van der Waals surface area contributed by atoms with Gasteiger partial charge in [-0.1, -0.05) is 36.4 Å². The van der Waals surface area contributed by atoms with E-state index in [9.17, 15) is 13.2 Å². The lowest BCUT2D eigenvalue weighted by molar-refractivity contribution is -0.137. The van der Waals surface area contributed by atoms with Crippen molar-refractivity contribution in [1.29, 1.82) is 0 Å². The van der Waals surface area contributed by atoms with Crippen LogP contribution in [0.1, 0.15) is 36.8 Å². The number of ether oxygens (including phenoxy) is 1. The Balaban J connectivity index is 1.39. The average Bonchev–Trinajstić information content (AvgIpc) is 3.53. The molecule has 4 nitrogen and oxygen atoms in total. The highest BCUT2D eigenvalue weighted by atomic mass is 19.4. The second kappa shape index (κ2) is 7.22. The molecule has 1 aliphatic carbocycles. The van der Waals surface area contributed by atoms with Crippen molar-refractivity contribution in [3.63, 3.8) is 0 Å². The fourth-order valence-corrected chi connectivity index (χ4v) is 5.50. The normalized spacial score (nSPS) is 32.9. The lowest BCUT2D eigenvalue weighted by atomic mass is 9.68. The molecular formula is C24H28F3N3O. The molecule has 1 saturated carbocycles. The van der Waals surface area contributed by atoms with Crippen molar-refractivity contribution in [3.05, 3.63) is 65.7 Å². The van der Waals surface area contributed by atoms with E-state index in [0.29, 0.717) is 12.2 Å². The molecule has 1 spiro atoms. The Kier molecular flexibility index (Phi) is 4.84. The molecule has 1 N–H and O–H groups in total. The van der Waals surface area contributed by atoms with Crippen LogP contribution in [0.15, 0.2) is 54.6 Å². The minimum absolute atomic E-state index is 0.0313. The standard InChI is InChI=1S/C24H28F3N3O/c1-29(2)23(17-7-4-3-5-8-17)13-11-22(12-14-23)16-30(21-20(28-22)31-21)19-10-6-9-18(15-19)24(25,26)27/h3-10,15,20-21,28H,11-14,16H2,1-2H3/t20?,21?,22-,23+. The number of benzene rings is 2. The molecule has 5 rings (SSSR count). The van der Waals surface area contributed by atoms with Gasteiger partial charge in [0.25, 0.3) is 0 Å². The van der Waals surface area contributed by atoms with Crippen molar-refractivity contribution < 1.29 is 17.9 Å². The highest BCUT2D eigenvalue weighted by Gasteiger charge is 2.57. The van der Waals surface area contributed by atoms with Gasteiger partial charge < -0.3 is 9.64 Å². The van der Waals surface area contributed by atoms with E-state index >= 15 is 0 Å². The topological polar surface area (TPSA) is 31.0 Å². The van der Waals surface area contributed by atoms with Gasteiger partial charge in [0.05, 0.1) is 5.56 Å². The third-order valence-corrected chi connectivity index (χ3v) is 7.40. The van der Waals surface area contributed by atoms with Gasteiger partial charge in [0.15, 0.2) is 12.5 Å². The van der Waals surface area contributed by atoms with Crippen molar-refractivity contribution in [2.45, 2.75) is 55.4 Å². The molecular weight excluding hydrogens is 403 g/mol. The van der Waals surface area contributed by atoms with Crippen LogP contribution in [0.25, 0.3) is 0 Å². The quantitative estimate of drug-likeness (QED) is 0.722. The molecule has 0 bridgehead atoms. The molecule has 0 aromatic heterocycles. The first-order valence-corrected chi connectivity index (χ1v) is 10.8. The van der Waals surface area contributed by atoms with Gasteiger partial charge in [-0.25, -0.2) is 0 Å². The number of nitrogens with zero attached hydrogens (tertiary/aromatic N) is 2. The smallest absolute Gasteiger partial charge is 0.341 e. The fraction of sp³-hybridized carbons (Fsp3) is 0.500. The number of rotatable bonds is 3. The van der Waals surface area contributed by atoms with Crippen LogP contribution < -0.4 is 10.2 Å². The van der Waals surface area contributed by atoms with Crippen LogP contribution in [0.4, 0.5) is 18.9 Å². The monoisotopic (exact) mass is 431 g/mol. The number of piperazine rings is 1. The maximum absolute atomic E-state index is 13.2. The third kappa shape index (κ3) is 3.62. The molecule has 2 heterocycles. The van der Waals surface area contributed by atoms with E-state index < -0.39 is 11.7 Å². The number of hydrogen-bond donors (Lipinski definition) is 1. The molecule has 166 valence electrons. The number of halogens is 3. The summed E-state index contributed by atoms with van der Waals surface area (Å²) in [5.74, 6) is 0. The van der Waals surface area contributed by atoms with Crippen molar-refractivity contribution in [2.75, 3.05) is 25.5 Å². The summed E-state index contributed by atoms with van der Waals surface area (Å²) in [7, 11) is 4.27. The van der Waals surface area contributed by atoms with Gasteiger partial charge in [-0.15, -0.1) is 0 Å². The zero-order valence-electron chi connectivity index (χ0n) is 17.8. The van der Waals surface area contributed by atoms with Crippen molar-refractivity contribution >= 4 is 5.69 Å². The maximum atomic E-state index is 13.2. The molecule has 2 saturated heterocycles. The number of alkyl halides is 3. The predicted molar refractivity (Wildman–Crippen MR) is 114 cm³/mol. The molecule has 2 atom stereocenters.